The Balaban J connectivity index is 2.05. The number of carbonyl (C=O) groups excluding carboxylic acids is 1. The van der Waals surface area contributed by atoms with Crippen molar-refractivity contribution in [1.82, 2.24) is 0 Å². The Hall–Kier alpha value is -1.46. The van der Waals surface area contributed by atoms with Crippen LogP contribution in [-0.4, -0.2) is 5.78 Å². The molecule has 1 nitrogen and oxygen atoms in total. The van der Waals surface area contributed by atoms with E-state index in [2.05, 4.69) is 21.4 Å². The van der Waals surface area contributed by atoms with Crippen LogP contribution in [-0.2, 0) is 0 Å². The Morgan fingerprint density at radius 3 is 2.06 bits per heavy atom. The minimum atomic E-state index is 0.184. The summed E-state index contributed by atoms with van der Waals surface area (Å²) < 4.78 is 0. The lowest BCUT2D eigenvalue weighted by atomic mass is 10.0. The predicted molar refractivity (Wildman–Crippen MR) is 74.3 cm³/mol. The van der Waals surface area contributed by atoms with Gasteiger partial charge < -0.3 is 0 Å². The van der Waals surface area contributed by atoms with Crippen molar-refractivity contribution in [2.24, 2.45) is 0 Å². The third-order valence-electron chi connectivity index (χ3n) is 2.73. The van der Waals surface area contributed by atoms with Crippen LogP contribution in [0.2, 0.25) is 0 Å². The third kappa shape index (κ3) is 3.25. The molecule has 2 rings (SSSR count). The van der Waals surface area contributed by atoms with E-state index in [4.69, 9.17) is 0 Å². The van der Waals surface area contributed by atoms with Crippen LogP contribution in [0, 0.1) is 0 Å². The number of Topliss-reactive ketones (excluding diaryl/α,β-unsaturated/α-hetero) is 1. The van der Waals surface area contributed by atoms with Gasteiger partial charge >= 0.3 is 0 Å². The molecule has 86 valence electrons. The summed E-state index contributed by atoms with van der Waals surface area (Å²) in [6.07, 6.45) is 0.526. The summed E-state index contributed by atoms with van der Waals surface area (Å²) >= 11 is 0. The van der Waals surface area contributed by atoms with Crippen molar-refractivity contribution in [2.45, 2.75) is 12.1 Å². The van der Waals surface area contributed by atoms with E-state index in [9.17, 15) is 4.79 Å². The minimum absolute atomic E-state index is 0.184. The fourth-order valence-corrected chi connectivity index (χ4v) is 2.20. The number of hydrogen-bond donors (Lipinski definition) is 0. The number of ketones is 1. The highest BCUT2D eigenvalue weighted by molar-refractivity contribution is 7.17. The van der Waals surface area contributed by atoms with E-state index in [1.54, 1.807) is 0 Å². The van der Waals surface area contributed by atoms with Gasteiger partial charge in [0.15, 0.2) is 5.78 Å². The summed E-state index contributed by atoms with van der Waals surface area (Å²) in [5, 5.41) is 0. The fraction of sp³-hybridized carbons (Fsp3) is 0.133. The first-order valence-corrected chi connectivity index (χ1v) is 6.33. The second kappa shape index (κ2) is 5.75. The van der Waals surface area contributed by atoms with Gasteiger partial charge in [0.2, 0.25) is 0 Å². The molecule has 2 heteroatoms. The molecule has 0 aromatic heterocycles. The second-order valence-electron chi connectivity index (χ2n) is 4.01. The molecule has 2 unspecified atom stereocenters. The van der Waals surface area contributed by atoms with Gasteiger partial charge in [0.1, 0.15) is 0 Å². The van der Waals surface area contributed by atoms with E-state index < -0.39 is 0 Å². The SMILES string of the molecule is O=C(CC(P)c1ccccc1)c1ccccc1. The molecule has 0 aliphatic carbocycles. The summed E-state index contributed by atoms with van der Waals surface area (Å²) in [5.41, 5.74) is 2.15. The molecule has 0 fully saturated rings. The van der Waals surface area contributed by atoms with Crippen molar-refractivity contribution in [1.29, 1.82) is 0 Å². The Bertz CT molecular complexity index is 479. The lowest BCUT2D eigenvalue weighted by Crippen LogP contribution is -2.02. The Labute approximate surface area is 104 Å². The van der Waals surface area contributed by atoms with Crippen LogP contribution in [0.25, 0.3) is 0 Å². The predicted octanol–water partition coefficient (Wildman–Crippen LogP) is 3.88. The molecular weight excluding hydrogens is 227 g/mol. The molecule has 0 amide bonds. The van der Waals surface area contributed by atoms with Crippen LogP contribution in [0.15, 0.2) is 60.7 Å². The van der Waals surface area contributed by atoms with Gasteiger partial charge in [0.05, 0.1) is 0 Å². The normalized spacial score (nSPS) is 12.1. The van der Waals surface area contributed by atoms with Gasteiger partial charge in [-0.25, -0.2) is 0 Å². The minimum Gasteiger partial charge on any atom is -0.294 e. The average molecular weight is 242 g/mol. The fourth-order valence-electron chi connectivity index (χ4n) is 1.76. The van der Waals surface area contributed by atoms with Gasteiger partial charge in [-0.3, -0.25) is 4.79 Å². The first-order valence-electron chi connectivity index (χ1n) is 5.66. The van der Waals surface area contributed by atoms with Crippen molar-refractivity contribution in [3.63, 3.8) is 0 Å². The molecule has 0 radical (unpaired) electrons. The van der Waals surface area contributed by atoms with E-state index in [0.29, 0.717) is 6.42 Å². The standard InChI is InChI=1S/C15H15OP/c16-14(12-7-3-1-4-8-12)11-15(17)13-9-5-2-6-10-13/h1-10,15H,11,17H2. The lowest BCUT2D eigenvalue weighted by molar-refractivity contribution is 0.0982. The molecule has 0 aliphatic rings. The highest BCUT2D eigenvalue weighted by Crippen LogP contribution is 2.27. The van der Waals surface area contributed by atoms with Crippen LogP contribution in [0.1, 0.15) is 28.0 Å². The number of rotatable bonds is 4. The molecule has 0 aliphatic heterocycles. The first kappa shape index (κ1) is 12.0. The molecule has 0 bridgehead atoms. The maximum atomic E-state index is 12.0. The topological polar surface area (TPSA) is 17.1 Å². The second-order valence-corrected chi connectivity index (χ2v) is 4.82. The van der Waals surface area contributed by atoms with Crippen molar-refractivity contribution in [3.05, 3.63) is 71.8 Å². The maximum absolute atomic E-state index is 12.0. The number of carbonyl (C=O) groups is 1. The highest BCUT2D eigenvalue weighted by Gasteiger charge is 2.12. The Morgan fingerprint density at radius 1 is 0.941 bits per heavy atom. The van der Waals surface area contributed by atoms with Crippen LogP contribution < -0.4 is 0 Å². The molecule has 0 N–H and O–H groups in total. The zero-order valence-electron chi connectivity index (χ0n) is 9.54. The summed E-state index contributed by atoms with van der Waals surface area (Å²) in [7, 11) is 2.75. The van der Waals surface area contributed by atoms with Crippen molar-refractivity contribution >= 4 is 15.0 Å². The van der Waals surface area contributed by atoms with Crippen LogP contribution in [0.5, 0.6) is 0 Å². The van der Waals surface area contributed by atoms with Gasteiger partial charge in [-0.2, -0.15) is 0 Å². The summed E-state index contributed by atoms with van der Waals surface area (Å²) in [6, 6.07) is 19.5. The largest absolute Gasteiger partial charge is 0.294 e. The average Bonchev–Trinajstić information content (AvgIpc) is 2.40. The third-order valence-corrected chi connectivity index (χ3v) is 3.35. The smallest absolute Gasteiger partial charge is 0.163 e. The van der Waals surface area contributed by atoms with E-state index in [1.807, 2.05) is 48.5 Å². The molecule has 0 saturated carbocycles. The van der Waals surface area contributed by atoms with Crippen LogP contribution >= 0.6 is 9.24 Å². The quantitative estimate of drug-likeness (QED) is 0.587. The maximum Gasteiger partial charge on any atom is 0.163 e. The molecule has 0 saturated heterocycles. The van der Waals surface area contributed by atoms with Crippen molar-refractivity contribution in [2.75, 3.05) is 0 Å². The van der Waals surface area contributed by atoms with Crippen molar-refractivity contribution < 1.29 is 4.79 Å². The highest BCUT2D eigenvalue weighted by atomic mass is 31.0. The van der Waals surface area contributed by atoms with E-state index in [1.165, 1.54) is 5.56 Å². The van der Waals surface area contributed by atoms with Gasteiger partial charge in [-0.1, -0.05) is 60.7 Å². The van der Waals surface area contributed by atoms with Gasteiger partial charge in [-0.15, -0.1) is 9.24 Å². The summed E-state index contributed by atoms with van der Waals surface area (Å²) in [4.78, 5) is 12.0. The molecular formula is C15H15OP. The van der Waals surface area contributed by atoms with Gasteiger partial charge in [0, 0.05) is 17.6 Å². The van der Waals surface area contributed by atoms with Crippen molar-refractivity contribution in [3.8, 4) is 0 Å². The molecule has 2 aromatic carbocycles. The Kier molecular flexibility index (Phi) is 4.06. The van der Waals surface area contributed by atoms with Crippen LogP contribution in [0.4, 0.5) is 0 Å². The zero-order valence-corrected chi connectivity index (χ0v) is 10.7. The zero-order chi connectivity index (χ0) is 12.1. The summed E-state index contributed by atoms with van der Waals surface area (Å²) in [6.45, 7) is 0. The van der Waals surface area contributed by atoms with Crippen LogP contribution in [0.3, 0.4) is 0 Å². The molecule has 0 spiro atoms. The number of hydrogen-bond acceptors (Lipinski definition) is 1. The van der Waals surface area contributed by atoms with E-state index in [-0.39, 0.29) is 11.4 Å². The van der Waals surface area contributed by atoms with E-state index >= 15 is 0 Å². The number of benzene rings is 2. The monoisotopic (exact) mass is 242 g/mol. The molecule has 17 heavy (non-hydrogen) atoms. The van der Waals surface area contributed by atoms with Gasteiger partial charge in [0.25, 0.3) is 0 Å². The van der Waals surface area contributed by atoms with Gasteiger partial charge in [-0.05, 0) is 5.56 Å². The molecule has 0 heterocycles. The lowest BCUT2D eigenvalue weighted by Gasteiger charge is -2.10. The Morgan fingerprint density at radius 2 is 1.47 bits per heavy atom. The molecule has 2 aromatic rings. The first-order chi connectivity index (χ1) is 8.27. The van der Waals surface area contributed by atoms with E-state index in [0.717, 1.165) is 5.56 Å². The molecule has 2 atom stereocenters. The summed E-state index contributed by atoms with van der Waals surface area (Å²) in [5.74, 6) is 0.189.